The lowest BCUT2D eigenvalue weighted by Crippen LogP contribution is -2.51. The zero-order chi connectivity index (χ0) is 10.8. The normalized spacial score (nSPS) is 18.3. The van der Waals surface area contributed by atoms with Gasteiger partial charge < -0.3 is 10.0 Å². The predicted octanol–water partition coefficient (Wildman–Crippen LogP) is 0.633. The molecule has 1 unspecified atom stereocenters. The number of aliphatic carboxylic acids is 1. The van der Waals surface area contributed by atoms with E-state index in [1.807, 2.05) is 4.90 Å². The molecule has 0 amide bonds. The van der Waals surface area contributed by atoms with Crippen LogP contribution in [0.15, 0.2) is 18.5 Å². The molecule has 1 aromatic rings. The highest BCUT2D eigenvalue weighted by molar-refractivity contribution is 5.70. The standard InChI is InChI=1S/C10H13N3O2/c1-7(9(14)15)8-5-13(6-8)10-11-3-2-4-12-10/h2-4,7-8H,5-6H2,1H3,(H,14,15). The average molecular weight is 207 g/mol. The Labute approximate surface area is 87.8 Å². The van der Waals surface area contributed by atoms with Crippen molar-refractivity contribution in [2.75, 3.05) is 18.0 Å². The molecule has 2 heterocycles. The average Bonchev–Trinajstić information content (AvgIpc) is 2.17. The summed E-state index contributed by atoms with van der Waals surface area (Å²) >= 11 is 0. The fourth-order valence-electron chi connectivity index (χ4n) is 1.65. The lowest BCUT2D eigenvalue weighted by Gasteiger charge is -2.41. The third-order valence-electron chi connectivity index (χ3n) is 2.84. The minimum atomic E-state index is -0.728. The van der Waals surface area contributed by atoms with Gasteiger partial charge in [-0.3, -0.25) is 4.79 Å². The molecule has 0 aliphatic carbocycles. The zero-order valence-electron chi connectivity index (χ0n) is 8.50. The van der Waals surface area contributed by atoms with Crippen LogP contribution in [0.4, 0.5) is 5.95 Å². The van der Waals surface area contributed by atoms with Gasteiger partial charge in [0, 0.05) is 31.4 Å². The molecule has 80 valence electrons. The molecule has 1 N–H and O–H groups in total. The molecule has 2 rings (SSSR count). The van der Waals surface area contributed by atoms with Gasteiger partial charge in [0.2, 0.25) is 5.95 Å². The quantitative estimate of drug-likeness (QED) is 0.787. The van der Waals surface area contributed by atoms with E-state index in [1.54, 1.807) is 25.4 Å². The molecular formula is C10H13N3O2. The highest BCUT2D eigenvalue weighted by Crippen LogP contribution is 2.26. The van der Waals surface area contributed by atoms with Crippen molar-refractivity contribution in [2.24, 2.45) is 11.8 Å². The smallest absolute Gasteiger partial charge is 0.306 e. The second kappa shape index (κ2) is 3.84. The Morgan fingerprint density at radius 1 is 1.53 bits per heavy atom. The Bertz CT molecular complexity index is 349. The highest BCUT2D eigenvalue weighted by Gasteiger charge is 2.35. The van der Waals surface area contributed by atoms with E-state index in [9.17, 15) is 4.79 Å². The lowest BCUT2D eigenvalue weighted by molar-refractivity contribution is -0.143. The van der Waals surface area contributed by atoms with Crippen molar-refractivity contribution in [1.82, 2.24) is 9.97 Å². The van der Waals surface area contributed by atoms with Gasteiger partial charge >= 0.3 is 5.97 Å². The fraction of sp³-hybridized carbons (Fsp3) is 0.500. The first-order valence-electron chi connectivity index (χ1n) is 4.93. The van der Waals surface area contributed by atoms with E-state index in [2.05, 4.69) is 9.97 Å². The molecule has 15 heavy (non-hydrogen) atoms. The van der Waals surface area contributed by atoms with Crippen molar-refractivity contribution in [3.05, 3.63) is 18.5 Å². The van der Waals surface area contributed by atoms with Gasteiger partial charge in [0.1, 0.15) is 0 Å². The van der Waals surface area contributed by atoms with Gasteiger partial charge in [-0.25, -0.2) is 9.97 Å². The van der Waals surface area contributed by atoms with E-state index in [-0.39, 0.29) is 11.8 Å². The lowest BCUT2D eigenvalue weighted by atomic mass is 9.87. The fourth-order valence-corrected chi connectivity index (χ4v) is 1.65. The summed E-state index contributed by atoms with van der Waals surface area (Å²) in [5, 5.41) is 8.82. The summed E-state index contributed by atoms with van der Waals surface area (Å²) in [6, 6.07) is 1.76. The molecule has 5 heteroatoms. The van der Waals surface area contributed by atoms with E-state index >= 15 is 0 Å². The first-order valence-corrected chi connectivity index (χ1v) is 4.93. The van der Waals surface area contributed by atoms with Crippen molar-refractivity contribution in [3.8, 4) is 0 Å². The first-order chi connectivity index (χ1) is 7.18. The van der Waals surface area contributed by atoms with Crippen molar-refractivity contribution in [1.29, 1.82) is 0 Å². The van der Waals surface area contributed by atoms with Gasteiger partial charge in [0.25, 0.3) is 0 Å². The monoisotopic (exact) mass is 207 g/mol. The molecule has 5 nitrogen and oxygen atoms in total. The Kier molecular flexibility index (Phi) is 2.53. The van der Waals surface area contributed by atoms with E-state index in [1.165, 1.54) is 0 Å². The van der Waals surface area contributed by atoms with Crippen LogP contribution in [-0.2, 0) is 4.79 Å². The molecule has 1 atom stereocenters. The molecule has 0 bridgehead atoms. The Balaban J connectivity index is 1.91. The van der Waals surface area contributed by atoms with Crippen LogP contribution >= 0.6 is 0 Å². The molecule has 1 aliphatic heterocycles. The largest absolute Gasteiger partial charge is 0.481 e. The van der Waals surface area contributed by atoms with Crippen LogP contribution in [0.25, 0.3) is 0 Å². The number of hydrogen-bond acceptors (Lipinski definition) is 4. The Morgan fingerprint density at radius 3 is 2.67 bits per heavy atom. The minimum Gasteiger partial charge on any atom is -0.481 e. The maximum absolute atomic E-state index is 10.7. The molecule has 0 spiro atoms. The second-order valence-electron chi connectivity index (χ2n) is 3.84. The van der Waals surface area contributed by atoms with Gasteiger partial charge in [-0.05, 0) is 6.07 Å². The van der Waals surface area contributed by atoms with Crippen LogP contribution in [0.1, 0.15) is 6.92 Å². The number of aromatic nitrogens is 2. The molecule has 0 aromatic carbocycles. The number of nitrogens with zero attached hydrogens (tertiary/aromatic N) is 3. The van der Waals surface area contributed by atoms with E-state index < -0.39 is 5.97 Å². The summed E-state index contributed by atoms with van der Waals surface area (Å²) in [7, 11) is 0. The summed E-state index contributed by atoms with van der Waals surface area (Å²) in [4.78, 5) is 20.9. The van der Waals surface area contributed by atoms with Crippen LogP contribution in [0.2, 0.25) is 0 Å². The zero-order valence-corrected chi connectivity index (χ0v) is 8.50. The Hall–Kier alpha value is -1.65. The SMILES string of the molecule is CC(C(=O)O)C1CN(c2ncccn2)C1. The number of carboxylic acids is 1. The van der Waals surface area contributed by atoms with Gasteiger partial charge in [-0.1, -0.05) is 6.92 Å². The number of hydrogen-bond donors (Lipinski definition) is 1. The van der Waals surface area contributed by atoms with E-state index in [0.29, 0.717) is 5.95 Å². The summed E-state index contributed by atoms with van der Waals surface area (Å²) in [6.45, 7) is 3.21. The summed E-state index contributed by atoms with van der Waals surface area (Å²) in [5.74, 6) is -0.115. The van der Waals surface area contributed by atoms with Crippen molar-refractivity contribution >= 4 is 11.9 Å². The molecule has 1 aromatic heterocycles. The number of anilines is 1. The van der Waals surface area contributed by atoms with Crippen LogP contribution in [-0.4, -0.2) is 34.1 Å². The van der Waals surface area contributed by atoms with Crippen LogP contribution in [0.3, 0.4) is 0 Å². The summed E-state index contributed by atoms with van der Waals surface area (Å²) in [6.07, 6.45) is 3.38. The maximum atomic E-state index is 10.7. The van der Waals surface area contributed by atoms with E-state index in [4.69, 9.17) is 5.11 Å². The molecule has 0 saturated carbocycles. The number of rotatable bonds is 3. The third kappa shape index (κ3) is 1.91. The van der Waals surface area contributed by atoms with E-state index in [0.717, 1.165) is 13.1 Å². The summed E-state index contributed by atoms with van der Waals surface area (Å²) in [5.41, 5.74) is 0. The minimum absolute atomic E-state index is 0.214. The maximum Gasteiger partial charge on any atom is 0.306 e. The number of carbonyl (C=O) groups is 1. The third-order valence-corrected chi connectivity index (χ3v) is 2.84. The van der Waals surface area contributed by atoms with Crippen molar-refractivity contribution < 1.29 is 9.90 Å². The van der Waals surface area contributed by atoms with Gasteiger partial charge in [-0.2, -0.15) is 0 Å². The molecule has 1 fully saturated rings. The van der Waals surface area contributed by atoms with Crippen LogP contribution in [0.5, 0.6) is 0 Å². The highest BCUT2D eigenvalue weighted by atomic mass is 16.4. The number of carboxylic acid groups (broad SMARTS) is 1. The van der Waals surface area contributed by atoms with Crippen molar-refractivity contribution in [3.63, 3.8) is 0 Å². The molecular weight excluding hydrogens is 194 g/mol. The van der Waals surface area contributed by atoms with Gasteiger partial charge in [-0.15, -0.1) is 0 Å². The topological polar surface area (TPSA) is 66.3 Å². The van der Waals surface area contributed by atoms with Crippen molar-refractivity contribution in [2.45, 2.75) is 6.92 Å². The summed E-state index contributed by atoms with van der Waals surface area (Å²) < 4.78 is 0. The van der Waals surface area contributed by atoms with Crippen LogP contribution < -0.4 is 4.90 Å². The first kappa shape index (κ1) is 9.89. The molecule has 1 aliphatic rings. The van der Waals surface area contributed by atoms with Crippen LogP contribution in [0, 0.1) is 11.8 Å². The predicted molar refractivity (Wildman–Crippen MR) is 54.5 cm³/mol. The molecule has 1 saturated heterocycles. The van der Waals surface area contributed by atoms with Gasteiger partial charge in [0.05, 0.1) is 5.92 Å². The van der Waals surface area contributed by atoms with Gasteiger partial charge in [0.15, 0.2) is 0 Å². The second-order valence-corrected chi connectivity index (χ2v) is 3.84. The molecule has 0 radical (unpaired) electrons. The Morgan fingerprint density at radius 2 is 2.13 bits per heavy atom.